The Morgan fingerprint density at radius 3 is 1.78 bits per heavy atom. The third-order valence-corrected chi connectivity index (χ3v) is 12.1. The molecule has 4 aliphatic rings. The van der Waals surface area contributed by atoms with Crippen LogP contribution in [0.1, 0.15) is 59.2 Å². The van der Waals surface area contributed by atoms with Crippen molar-refractivity contribution >= 4 is 46.3 Å². The minimum Gasteiger partial charge on any atom is -0.453 e. The quantitative estimate of drug-likeness (QED) is 0.181. The van der Waals surface area contributed by atoms with E-state index in [0.717, 1.165) is 47.8 Å². The van der Waals surface area contributed by atoms with E-state index in [1.54, 1.807) is 0 Å². The molecule has 0 radical (unpaired) electrons. The molecule has 2 heterocycles. The molecule has 7 aromatic carbocycles. The molecule has 11 rings (SSSR count). The number of hydrogen-bond acceptors (Lipinski definition) is 3. The first-order valence-electron chi connectivity index (χ1n) is 19.4. The molecule has 7 aromatic rings. The number of allylic oxidation sites excluding steroid dienone is 2. The average Bonchev–Trinajstić information content (AvgIpc) is 3.45. The largest absolute Gasteiger partial charge is 0.453 e. The van der Waals surface area contributed by atoms with Crippen LogP contribution in [0.3, 0.4) is 0 Å². The molecule has 0 saturated heterocycles. The zero-order valence-corrected chi connectivity index (χ0v) is 31.1. The maximum atomic E-state index is 6.26. The molecule has 2 aliphatic heterocycles. The fourth-order valence-electron chi connectivity index (χ4n) is 9.31. The van der Waals surface area contributed by atoms with E-state index in [0.29, 0.717) is 0 Å². The number of ether oxygens (including phenoxy) is 1. The summed E-state index contributed by atoms with van der Waals surface area (Å²) in [5, 5.41) is 0. The van der Waals surface area contributed by atoms with Crippen molar-refractivity contribution in [3.63, 3.8) is 0 Å². The summed E-state index contributed by atoms with van der Waals surface area (Å²) >= 11 is 0. The highest BCUT2D eigenvalue weighted by atomic mass is 16.5. The van der Waals surface area contributed by atoms with Crippen LogP contribution < -0.4 is 14.5 Å². The summed E-state index contributed by atoms with van der Waals surface area (Å²) in [6.45, 7) is 4.77. The van der Waals surface area contributed by atoms with Crippen molar-refractivity contribution in [1.82, 2.24) is 0 Å². The molecule has 0 atom stereocenters. The van der Waals surface area contributed by atoms with Gasteiger partial charge in [-0.2, -0.15) is 0 Å². The Labute approximate surface area is 323 Å². The number of para-hydroxylation sites is 6. The number of hydrogen-bond donors (Lipinski definition) is 0. The van der Waals surface area contributed by atoms with Gasteiger partial charge in [0.05, 0.1) is 11.4 Å². The molecule has 0 bridgehead atoms. The highest BCUT2D eigenvalue weighted by molar-refractivity contribution is 5.89. The maximum Gasteiger partial charge on any atom is 0.151 e. The predicted molar refractivity (Wildman–Crippen MR) is 228 cm³/mol. The van der Waals surface area contributed by atoms with Gasteiger partial charge in [0.25, 0.3) is 0 Å². The van der Waals surface area contributed by atoms with Crippen LogP contribution in [0.25, 0.3) is 23.3 Å². The molecule has 0 fully saturated rings. The van der Waals surface area contributed by atoms with E-state index in [4.69, 9.17) is 4.74 Å². The standard InChI is InChI=1S/C52H40N2O/c1-52(2)44-30-35(22-27-42(44)43-28-26-41(33-45(43)52)53-46-13-5-3-11-38(46)31-39-12-4-6-14-47(39)53)20-19-34-21-23-37-32-40(25-24-36(37)29-34)54-48-15-7-9-17-50(48)55-51-18-10-8-16-49(51)54/h3-20,22,24-30,32-33H,21,23,31H2,1-2H3/b20-19+. The first-order valence-corrected chi connectivity index (χ1v) is 19.4. The van der Waals surface area contributed by atoms with Gasteiger partial charge in [-0.1, -0.05) is 123 Å². The van der Waals surface area contributed by atoms with E-state index in [9.17, 15) is 0 Å². The number of nitrogens with zero attached hydrogens (tertiary/aromatic N) is 2. The summed E-state index contributed by atoms with van der Waals surface area (Å²) in [5.41, 5.74) is 20.4. The van der Waals surface area contributed by atoms with Crippen LogP contribution in [0.2, 0.25) is 0 Å². The normalized spacial score (nSPS) is 15.5. The lowest BCUT2D eigenvalue weighted by Crippen LogP contribution is -2.20. The van der Waals surface area contributed by atoms with Crippen LogP contribution in [-0.4, -0.2) is 0 Å². The number of rotatable bonds is 4. The smallest absolute Gasteiger partial charge is 0.151 e. The molecule has 0 amide bonds. The van der Waals surface area contributed by atoms with Gasteiger partial charge in [0.15, 0.2) is 11.5 Å². The van der Waals surface area contributed by atoms with Crippen molar-refractivity contribution in [1.29, 1.82) is 0 Å². The van der Waals surface area contributed by atoms with Crippen LogP contribution in [0.5, 0.6) is 11.5 Å². The molecular weight excluding hydrogens is 669 g/mol. The van der Waals surface area contributed by atoms with Gasteiger partial charge in [0.1, 0.15) is 0 Å². The fourth-order valence-corrected chi connectivity index (χ4v) is 9.31. The summed E-state index contributed by atoms with van der Waals surface area (Å²) in [5.74, 6) is 1.76. The summed E-state index contributed by atoms with van der Waals surface area (Å²) in [4.78, 5) is 4.78. The lowest BCUT2D eigenvalue weighted by Gasteiger charge is -2.34. The van der Waals surface area contributed by atoms with Crippen molar-refractivity contribution in [2.45, 2.75) is 38.5 Å². The molecule has 0 aromatic heterocycles. The monoisotopic (exact) mass is 708 g/mol. The second-order valence-electron chi connectivity index (χ2n) is 15.7. The van der Waals surface area contributed by atoms with E-state index in [-0.39, 0.29) is 5.41 Å². The Bertz CT molecular complexity index is 2680. The molecule has 0 spiro atoms. The topological polar surface area (TPSA) is 15.7 Å². The van der Waals surface area contributed by atoms with Crippen LogP contribution in [0, 0.1) is 0 Å². The van der Waals surface area contributed by atoms with E-state index in [1.807, 2.05) is 24.3 Å². The zero-order valence-electron chi connectivity index (χ0n) is 31.1. The Hall–Kier alpha value is -6.58. The lowest BCUT2D eigenvalue weighted by atomic mass is 9.81. The van der Waals surface area contributed by atoms with Gasteiger partial charge in [0, 0.05) is 34.6 Å². The predicted octanol–water partition coefficient (Wildman–Crippen LogP) is 14.0. The second kappa shape index (κ2) is 12.2. The second-order valence-corrected chi connectivity index (χ2v) is 15.7. The van der Waals surface area contributed by atoms with Gasteiger partial charge in [-0.15, -0.1) is 0 Å². The SMILES string of the molecule is CC1(C)c2cc(/C=C/C3=Cc4ccc(N5c6ccccc6Oc6ccccc65)cc4CC3)ccc2-c2ccc(N3c4ccccc4Cc4ccccc43)cc21. The first-order chi connectivity index (χ1) is 27.0. The zero-order chi connectivity index (χ0) is 36.7. The van der Waals surface area contributed by atoms with Crippen LogP contribution in [-0.2, 0) is 18.3 Å². The van der Waals surface area contributed by atoms with E-state index < -0.39 is 0 Å². The van der Waals surface area contributed by atoms with Gasteiger partial charge in [0.2, 0.25) is 0 Å². The highest BCUT2D eigenvalue weighted by Crippen LogP contribution is 2.53. The molecule has 0 saturated carbocycles. The van der Waals surface area contributed by atoms with Gasteiger partial charge in [-0.25, -0.2) is 0 Å². The molecule has 264 valence electrons. The third-order valence-electron chi connectivity index (χ3n) is 12.1. The molecule has 0 N–H and O–H groups in total. The van der Waals surface area contributed by atoms with E-state index in [1.165, 1.54) is 72.7 Å². The molecular formula is C52H40N2O. The Morgan fingerprint density at radius 2 is 1.07 bits per heavy atom. The van der Waals surface area contributed by atoms with Gasteiger partial charge >= 0.3 is 0 Å². The maximum absolute atomic E-state index is 6.26. The summed E-state index contributed by atoms with van der Waals surface area (Å²) in [6, 6.07) is 55.3. The van der Waals surface area contributed by atoms with Crippen molar-refractivity contribution in [2.24, 2.45) is 0 Å². The molecule has 3 nitrogen and oxygen atoms in total. The lowest BCUT2D eigenvalue weighted by molar-refractivity contribution is 0.477. The van der Waals surface area contributed by atoms with Gasteiger partial charge in [-0.05, 0) is 129 Å². The fraction of sp³-hybridized carbons (Fsp3) is 0.115. The molecule has 2 aliphatic carbocycles. The molecule has 0 unspecified atom stereocenters. The van der Waals surface area contributed by atoms with Crippen LogP contribution in [0.4, 0.5) is 34.1 Å². The number of fused-ring (bicyclic) bond motifs is 8. The van der Waals surface area contributed by atoms with Crippen molar-refractivity contribution in [3.05, 3.63) is 202 Å². The summed E-state index contributed by atoms with van der Waals surface area (Å²) < 4.78 is 6.26. The molecule has 55 heavy (non-hydrogen) atoms. The Balaban J connectivity index is 0.876. The Morgan fingerprint density at radius 1 is 0.509 bits per heavy atom. The van der Waals surface area contributed by atoms with Crippen molar-refractivity contribution in [2.75, 3.05) is 9.80 Å². The number of anilines is 6. The average molecular weight is 709 g/mol. The Kier molecular flexibility index (Phi) is 7.09. The number of benzene rings is 7. The van der Waals surface area contributed by atoms with Crippen molar-refractivity contribution < 1.29 is 4.74 Å². The first kappa shape index (κ1) is 31.9. The van der Waals surface area contributed by atoms with E-state index in [2.05, 4.69) is 169 Å². The minimum atomic E-state index is -0.123. The van der Waals surface area contributed by atoms with Gasteiger partial charge < -0.3 is 14.5 Å². The summed E-state index contributed by atoms with van der Waals surface area (Å²) in [7, 11) is 0. The van der Waals surface area contributed by atoms with Gasteiger partial charge in [-0.3, -0.25) is 0 Å². The highest BCUT2D eigenvalue weighted by Gasteiger charge is 2.37. The third kappa shape index (κ3) is 5.11. The van der Waals surface area contributed by atoms with Crippen LogP contribution in [0.15, 0.2) is 163 Å². The molecule has 3 heteroatoms. The van der Waals surface area contributed by atoms with E-state index >= 15 is 0 Å². The number of aryl methyl sites for hydroxylation is 1. The van der Waals surface area contributed by atoms with Crippen molar-refractivity contribution in [3.8, 4) is 22.6 Å². The summed E-state index contributed by atoms with van der Waals surface area (Å²) in [6.07, 6.45) is 9.98. The minimum absolute atomic E-state index is 0.123. The van der Waals surface area contributed by atoms with Crippen LogP contribution >= 0.6 is 0 Å².